The molecule has 7 nitrogen and oxygen atoms in total. The minimum Gasteiger partial charge on any atom is -0.493 e. The summed E-state index contributed by atoms with van der Waals surface area (Å²) in [6.45, 7) is 4.32. The second-order valence-electron chi connectivity index (χ2n) is 7.99. The van der Waals surface area contributed by atoms with Crippen molar-refractivity contribution in [3.63, 3.8) is 0 Å². The highest BCUT2D eigenvalue weighted by molar-refractivity contribution is 5.79. The Kier molecular flexibility index (Phi) is 5.43. The lowest BCUT2D eigenvalue weighted by Crippen LogP contribution is -2.28. The number of rotatable bonds is 4. The Morgan fingerprint density at radius 1 is 1.06 bits per heavy atom. The fourth-order valence-corrected chi connectivity index (χ4v) is 4.50. The van der Waals surface area contributed by atoms with Crippen molar-refractivity contribution in [1.82, 2.24) is 4.57 Å². The van der Waals surface area contributed by atoms with E-state index in [4.69, 9.17) is 24.4 Å². The van der Waals surface area contributed by atoms with Gasteiger partial charge in [0, 0.05) is 24.1 Å². The van der Waals surface area contributed by atoms with Crippen LogP contribution in [-0.2, 0) is 13.0 Å². The summed E-state index contributed by atoms with van der Waals surface area (Å²) in [4.78, 5) is 0. The number of hydrogen-bond acceptors (Lipinski definition) is 6. The Morgan fingerprint density at radius 3 is 2.58 bits per heavy atom. The Hall–Kier alpha value is -3.92. The number of nitrogens with zero attached hydrogens (tertiary/aromatic N) is 2. The molecule has 33 heavy (non-hydrogen) atoms. The van der Waals surface area contributed by atoms with Gasteiger partial charge in [-0.3, -0.25) is 5.41 Å². The van der Waals surface area contributed by atoms with Gasteiger partial charge in [-0.2, -0.15) is 5.26 Å². The molecule has 3 heterocycles. The maximum atomic E-state index is 9.94. The highest BCUT2D eigenvalue weighted by Crippen LogP contribution is 2.41. The van der Waals surface area contributed by atoms with Gasteiger partial charge in [-0.05, 0) is 54.8 Å². The molecule has 0 bridgehead atoms. The van der Waals surface area contributed by atoms with Crippen LogP contribution in [0.4, 0.5) is 0 Å². The minimum atomic E-state index is 0.204. The standard InChI is InChI=1S/C26H25N3O4/c1-3-31-22-6-5-16(11-23(22)30-2)18-13-21-19-14-25-24(32-9-4-10-33-25)12-17(19)7-8-29(21)26(28)20(18)15-27/h5-6,11-14,28H,3-4,7-10H2,1-2H3. The molecule has 0 saturated carbocycles. The number of aryl methyl sites for hydroxylation is 1. The molecule has 0 amide bonds. The highest BCUT2D eigenvalue weighted by Gasteiger charge is 2.24. The molecule has 2 aliphatic rings. The average Bonchev–Trinajstić information content (AvgIpc) is 3.07. The largest absolute Gasteiger partial charge is 0.493 e. The van der Waals surface area contributed by atoms with Crippen molar-refractivity contribution in [2.45, 2.75) is 26.3 Å². The quantitative estimate of drug-likeness (QED) is 0.649. The van der Waals surface area contributed by atoms with Crippen molar-refractivity contribution in [1.29, 1.82) is 10.7 Å². The van der Waals surface area contributed by atoms with E-state index in [1.165, 1.54) is 0 Å². The molecule has 1 aromatic heterocycles. The molecule has 0 aliphatic carbocycles. The van der Waals surface area contributed by atoms with Gasteiger partial charge < -0.3 is 23.5 Å². The molecule has 5 rings (SSSR count). The van der Waals surface area contributed by atoms with E-state index in [2.05, 4.69) is 12.1 Å². The van der Waals surface area contributed by atoms with Crippen LogP contribution in [0.15, 0.2) is 36.4 Å². The number of aromatic nitrogens is 1. The van der Waals surface area contributed by atoms with Crippen LogP contribution in [0.5, 0.6) is 23.0 Å². The number of pyridine rings is 1. The summed E-state index contributed by atoms with van der Waals surface area (Å²) < 4.78 is 24.9. The van der Waals surface area contributed by atoms with Crippen LogP contribution >= 0.6 is 0 Å². The summed E-state index contributed by atoms with van der Waals surface area (Å²) in [5.74, 6) is 2.73. The third-order valence-electron chi connectivity index (χ3n) is 6.09. The smallest absolute Gasteiger partial charge is 0.161 e. The van der Waals surface area contributed by atoms with Crippen LogP contribution < -0.4 is 24.4 Å². The molecular weight excluding hydrogens is 418 g/mol. The van der Waals surface area contributed by atoms with Crippen LogP contribution in [0.1, 0.15) is 24.5 Å². The number of fused-ring (bicyclic) bond motifs is 4. The minimum absolute atomic E-state index is 0.204. The molecule has 168 valence electrons. The van der Waals surface area contributed by atoms with Crippen molar-refractivity contribution in [2.75, 3.05) is 26.9 Å². The second-order valence-corrected chi connectivity index (χ2v) is 7.99. The maximum absolute atomic E-state index is 9.94. The van der Waals surface area contributed by atoms with Crippen molar-refractivity contribution in [2.24, 2.45) is 0 Å². The lowest BCUT2D eigenvalue weighted by atomic mass is 9.92. The van der Waals surface area contributed by atoms with Gasteiger partial charge >= 0.3 is 0 Å². The van der Waals surface area contributed by atoms with Crippen LogP contribution in [0.2, 0.25) is 0 Å². The molecule has 3 aromatic rings. The van der Waals surface area contributed by atoms with E-state index in [0.29, 0.717) is 49.0 Å². The number of ether oxygens (including phenoxy) is 4. The summed E-state index contributed by atoms with van der Waals surface area (Å²) >= 11 is 0. The van der Waals surface area contributed by atoms with Crippen molar-refractivity contribution in [3.8, 4) is 51.5 Å². The van der Waals surface area contributed by atoms with Gasteiger partial charge in [0.25, 0.3) is 0 Å². The molecular formula is C26H25N3O4. The Bertz CT molecular complexity index is 1340. The summed E-state index contributed by atoms with van der Waals surface area (Å²) in [7, 11) is 1.59. The van der Waals surface area contributed by atoms with Crippen LogP contribution in [0.25, 0.3) is 22.4 Å². The first-order chi connectivity index (χ1) is 16.1. The van der Waals surface area contributed by atoms with Gasteiger partial charge in [-0.15, -0.1) is 0 Å². The number of hydrogen-bond donors (Lipinski definition) is 1. The fraction of sp³-hybridized carbons (Fsp3) is 0.308. The van der Waals surface area contributed by atoms with E-state index in [9.17, 15) is 5.26 Å². The van der Waals surface area contributed by atoms with E-state index >= 15 is 0 Å². The maximum Gasteiger partial charge on any atom is 0.161 e. The first-order valence-electron chi connectivity index (χ1n) is 11.1. The molecule has 0 saturated heterocycles. The van der Waals surface area contributed by atoms with Gasteiger partial charge in [0.05, 0.1) is 32.6 Å². The summed E-state index contributed by atoms with van der Waals surface area (Å²) in [6, 6.07) is 13.9. The molecule has 7 heteroatoms. The molecule has 0 atom stereocenters. The van der Waals surface area contributed by atoms with Crippen molar-refractivity contribution in [3.05, 3.63) is 53.0 Å². The third kappa shape index (κ3) is 3.58. The van der Waals surface area contributed by atoms with Gasteiger partial charge in [-0.1, -0.05) is 6.07 Å². The second kappa shape index (κ2) is 8.55. The first-order valence-corrected chi connectivity index (χ1v) is 11.1. The summed E-state index contributed by atoms with van der Waals surface area (Å²) in [5.41, 5.74) is 5.07. The number of nitriles is 1. The SMILES string of the molecule is CCOc1ccc(-c2cc3n(c(=N)c2C#N)CCc2cc4c(cc2-3)OCCCO4)cc1OC. The van der Waals surface area contributed by atoms with Gasteiger partial charge in [-0.25, -0.2) is 0 Å². The number of methoxy groups -OCH3 is 1. The summed E-state index contributed by atoms with van der Waals surface area (Å²) in [5, 5.41) is 18.8. The topological polar surface area (TPSA) is 89.5 Å². The zero-order valence-corrected chi connectivity index (χ0v) is 18.7. The zero-order valence-electron chi connectivity index (χ0n) is 18.7. The van der Waals surface area contributed by atoms with Gasteiger partial charge in [0.15, 0.2) is 23.0 Å². The molecule has 0 radical (unpaired) electrons. The predicted molar refractivity (Wildman–Crippen MR) is 123 cm³/mol. The van der Waals surface area contributed by atoms with Crippen LogP contribution in [-0.4, -0.2) is 31.5 Å². The Morgan fingerprint density at radius 2 is 1.85 bits per heavy atom. The molecule has 0 unspecified atom stereocenters. The number of nitrogens with one attached hydrogen (secondary N) is 1. The van der Waals surface area contributed by atoms with E-state index in [1.807, 2.05) is 41.8 Å². The van der Waals surface area contributed by atoms with E-state index in [1.54, 1.807) is 7.11 Å². The van der Waals surface area contributed by atoms with Crippen LogP contribution in [0, 0.1) is 16.7 Å². The third-order valence-corrected chi connectivity index (χ3v) is 6.09. The monoisotopic (exact) mass is 443 g/mol. The molecule has 0 fully saturated rings. The zero-order chi connectivity index (χ0) is 22.9. The van der Waals surface area contributed by atoms with E-state index in [-0.39, 0.29) is 5.49 Å². The Balaban J connectivity index is 1.70. The van der Waals surface area contributed by atoms with Crippen molar-refractivity contribution < 1.29 is 18.9 Å². The molecule has 2 aromatic carbocycles. The Labute approximate surface area is 192 Å². The molecule has 0 spiro atoms. The van der Waals surface area contributed by atoms with Gasteiger partial charge in [0.1, 0.15) is 17.1 Å². The predicted octanol–water partition coefficient (Wildman–Crippen LogP) is 4.30. The normalized spacial score (nSPS) is 13.8. The molecule has 1 N–H and O–H groups in total. The number of benzene rings is 2. The summed E-state index contributed by atoms with van der Waals surface area (Å²) in [6.07, 6.45) is 1.60. The lowest BCUT2D eigenvalue weighted by Gasteiger charge is -2.25. The van der Waals surface area contributed by atoms with E-state index < -0.39 is 0 Å². The molecule has 2 aliphatic heterocycles. The average molecular weight is 444 g/mol. The van der Waals surface area contributed by atoms with Crippen molar-refractivity contribution >= 4 is 0 Å². The highest BCUT2D eigenvalue weighted by atomic mass is 16.5. The van der Waals surface area contributed by atoms with Gasteiger partial charge in [0.2, 0.25) is 0 Å². The van der Waals surface area contributed by atoms with E-state index in [0.717, 1.165) is 46.7 Å². The fourth-order valence-electron chi connectivity index (χ4n) is 4.50. The lowest BCUT2D eigenvalue weighted by molar-refractivity contribution is 0.297. The van der Waals surface area contributed by atoms with Crippen LogP contribution in [0.3, 0.4) is 0 Å². The first kappa shape index (κ1) is 21.0.